The summed E-state index contributed by atoms with van der Waals surface area (Å²) in [5, 5.41) is 22.7. The first kappa shape index (κ1) is 15.4. The van der Waals surface area contributed by atoms with E-state index in [2.05, 4.69) is 25.7 Å². The lowest BCUT2D eigenvalue weighted by atomic mass is 9.75. The molecule has 3 rings (SSSR count). The number of methoxy groups -OCH3 is 1. The molecular formula is C15H19N5O3. The minimum atomic E-state index is -0.306. The number of hydrogen-bond acceptors (Lipinski definition) is 6. The van der Waals surface area contributed by atoms with Gasteiger partial charge in [0.1, 0.15) is 0 Å². The summed E-state index contributed by atoms with van der Waals surface area (Å²) < 4.78 is 5.06. The fourth-order valence-electron chi connectivity index (χ4n) is 2.78. The smallest absolute Gasteiger partial charge is 0.274 e. The average molecular weight is 317 g/mol. The van der Waals surface area contributed by atoms with Crippen LogP contribution in [0, 0.1) is 12.8 Å². The number of amides is 1. The third-order valence-corrected chi connectivity index (χ3v) is 4.17. The van der Waals surface area contributed by atoms with E-state index in [4.69, 9.17) is 4.74 Å². The van der Waals surface area contributed by atoms with Gasteiger partial charge < -0.3 is 15.2 Å². The first-order chi connectivity index (χ1) is 11.1. The number of ether oxygens (including phenoxy) is 1. The number of nitrogens with zero attached hydrogens (tertiary/aromatic N) is 3. The van der Waals surface area contributed by atoms with Crippen molar-refractivity contribution in [3.05, 3.63) is 35.3 Å². The molecule has 0 radical (unpaired) electrons. The molecule has 23 heavy (non-hydrogen) atoms. The summed E-state index contributed by atoms with van der Waals surface area (Å²) in [6, 6.07) is 3.39. The van der Waals surface area contributed by atoms with Gasteiger partial charge in [-0.15, -0.1) is 0 Å². The second-order valence-electron chi connectivity index (χ2n) is 5.73. The Hall–Kier alpha value is -2.48. The first-order valence-electron chi connectivity index (χ1n) is 7.44. The van der Waals surface area contributed by atoms with E-state index in [0.29, 0.717) is 24.4 Å². The molecular weight excluding hydrogens is 298 g/mol. The van der Waals surface area contributed by atoms with Crippen LogP contribution in [-0.2, 0) is 0 Å². The van der Waals surface area contributed by atoms with E-state index < -0.39 is 0 Å². The Morgan fingerprint density at radius 2 is 2.22 bits per heavy atom. The molecule has 8 nitrogen and oxygen atoms in total. The SMILES string of the molecule is COc1ccc(C(NC(=O)c2n[nH]nc2C)C2CC(O)C2)cn1. The maximum Gasteiger partial charge on any atom is 0.274 e. The van der Waals surface area contributed by atoms with Crippen molar-refractivity contribution in [2.75, 3.05) is 7.11 Å². The quantitative estimate of drug-likeness (QED) is 0.750. The van der Waals surface area contributed by atoms with Gasteiger partial charge >= 0.3 is 0 Å². The van der Waals surface area contributed by atoms with Crippen LogP contribution >= 0.6 is 0 Å². The number of aliphatic hydroxyl groups excluding tert-OH is 1. The summed E-state index contributed by atoms with van der Waals surface area (Å²) in [6.45, 7) is 1.72. The van der Waals surface area contributed by atoms with Gasteiger partial charge in [-0.1, -0.05) is 6.07 Å². The Kier molecular flexibility index (Phi) is 4.24. The van der Waals surface area contributed by atoms with E-state index in [-0.39, 0.29) is 29.7 Å². The van der Waals surface area contributed by atoms with Crippen LogP contribution in [0.3, 0.4) is 0 Å². The van der Waals surface area contributed by atoms with E-state index in [1.165, 1.54) is 0 Å². The van der Waals surface area contributed by atoms with Crippen LogP contribution in [0.25, 0.3) is 0 Å². The minimum absolute atomic E-state index is 0.163. The van der Waals surface area contributed by atoms with Crippen molar-refractivity contribution in [3.63, 3.8) is 0 Å². The third kappa shape index (κ3) is 3.16. The fraction of sp³-hybridized carbons (Fsp3) is 0.467. The Morgan fingerprint density at radius 1 is 1.43 bits per heavy atom. The fourth-order valence-corrected chi connectivity index (χ4v) is 2.78. The van der Waals surface area contributed by atoms with Crippen molar-refractivity contribution in [1.29, 1.82) is 0 Å². The number of nitrogens with one attached hydrogen (secondary N) is 2. The standard InChI is InChI=1S/C15H19N5O3/c1-8-13(19-20-18-8)15(22)17-14(10-5-11(21)6-10)9-3-4-12(23-2)16-7-9/h3-4,7,10-11,14,21H,5-6H2,1-2H3,(H,17,22)(H,18,19,20). The van der Waals surface area contributed by atoms with Gasteiger partial charge in [0, 0.05) is 12.3 Å². The van der Waals surface area contributed by atoms with Gasteiger partial charge in [-0.25, -0.2) is 4.98 Å². The number of aryl methyl sites for hydroxylation is 1. The maximum absolute atomic E-state index is 12.4. The second kappa shape index (κ2) is 6.33. The summed E-state index contributed by atoms with van der Waals surface area (Å²) >= 11 is 0. The Labute approximate surface area is 133 Å². The van der Waals surface area contributed by atoms with Crippen molar-refractivity contribution >= 4 is 5.91 Å². The molecule has 8 heteroatoms. The van der Waals surface area contributed by atoms with Crippen molar-refractivity contribution in [1.82, 2.24) is 25.7 Å². The predicted molar refractivity (Wildman–Crippen MR) is 80.8 cm³/mol. The van der Waals surface area contributed by atoms with Crippen LogP contribution in [-0.4, -0.2) is 44.6 Å². The number of carbonyl (C=O) groups excluding carboxylic acids is 1. The number of pyridine rings is 1. The number of carbonyl (C=O) groups is 1. The van der Waals surface area contributed by atoms with Gasteiger partial charge in [-0.05, 0) is 31.2 Å². The van der Waals surface area contributed by atoms with Crippen molar-refractivity contribution in [2.24, 2.45) is 5.92 Å². The van der Waals surface area contributed by atoms with Crippen molar-refractivity contribution in [3.8, 4) is 5.88 Å². The molecule has 1 aliphatic rings. The van der Waals surface area contributed by atoms with Gasteiger partial charge in [-0.3, -0.25) is 4.79 Å². The van der Waals surface area contributed by atoms with Crippen LogP contribution in [0.15, 0.2) is 18.3 Å². The highest BCUT2D eigenvalue weighted by Gasteiger charge is 2.36. The third-order valence-electron chi connectivity index (χ3n) is 4.17. The van der Waals surface area contributed by atoms with Gasteiger partial charge in [0.25, 0.3) is 5.91 Å². The Balaban J connectivity index is 1.80. The molecule has 0 aromatic carbocycles. The van der Waals surface area contributed by atoms with Gasteiger partial charge in [0.15, 0.2) is 5.69 Å². The highest BCUT2D eigenvalue weighted by atomic mass is 16.5. The van der Waals surface area contributed by atoms with Gasteiger partial charge in [-0.2, -0.15) is 15.4 Å². The number of aliphatic hydroxyl groups is 1. The largest absolute Gasteiger partial charge is 0.481 e. The molecule has 0 aliphatic heterocycles. The minimum Gasteiger partial charge on any atom is -0.481 e. The Bertz CT molecular complexity index is 679. The van der Waals surface area contributed by atoms with Crippen LogP contribution in [0.2, 0.25) is 0 Å². The molecule has 2 aromatic heterocycles. The zero-order valence-electron chi connectivity index (χ0n) is 13.0. The van der Waals surface area contributed by atoms with E-state index in [1.54, 1.807) is 26.3 Å². The molecule has 0 bridgehead atoms. The van der Waals surface area contributed by atoms with E-state index in [1.807, 2.05) is 6.07 Å². The average Bonchev–Trinajstić information content (AvgIpc) is 2.96. The number of H-pyrrole nitrogens is 1. The number of aromatic nitrogens is 4. The van der Waals surface area contributed by atoms with Crippen LogP contribution in [0.1, 0.15) is 40.6 Å². The van der Waals surface area contributed by atoms with E-state index in [9.17, 15) is 9.90 Å². The summed E-state index contributed by atoms with van der Waals surface area (Å²) in [6.07, 6.45) is 2.67. The lowest BCUT2D eigenvalue weighted by Gasteiger charge is -2.38. The highest BCUT2D eigenvalue weighted by Crippen LogP contribution is 2.38. The topological polar surface area (TPSA) is 113 Å². The molecule has 1 unspecified atom stereocenters. The molecule has 1 atom stereocenters. The highest BCUT2D eigenvalue weighted by molar-refractivity contribution is 5.93. The van der Waals surface area contributed by atoms with Crippen molar-refractivity contribution in [2.45, 2.75) is 31.9 Å². The molecule has 1 saturated carbocycles. The van der Waals surface area contributed by atoms with Crippen molar-refractivity contribution < 1.29 is 14.6 Å². The normalized spacial score (nSPS) is 21.3. The lowest BCUT2D eigenvalue weighted by Crippen LogP contribution is -2.41. The number of aromatic amines is 1. The predicted octanol–water partition coefficient (Wildman–Crippen LogP) is 0.759. The lowest BCUT2D eigenvalue weighted by molar-refractivity contribution is 0.0234. The molecule has 1 amide bonds. The summed E-state index contributed by atoms with van der Waals surface area (Å²) in [5.74, 6) is 0.384. The molecule has 2 heterocycles. The summed E-state index contributed by atoms with van der Waals surface area (Å²) in [4.78, 5) is 16.6. The van der Waals surface area contributed by atoms with Crippen LogP contribution in [0.5, 0.6) is 5.88 Å². The van der Waals surface area contributed by atoms with E-state index in [0.717, 1.165) is 5.56 Å². The molecule has 0 saturated heterocycles. The zero-order chi connectivity index (χ0) is 16.4. The summed E-state index contributed by atoms with van der Waals surface area (Å²) in [5.41, 5.74) is 1.69. The first-order valence-corrected chi connectivity index (χ1v) is 7.44. The monoisotopic (exact) mass is 317 g/mol. The van der Waals surface area contributed by atoms with Crippen LogP contribution in [0.4, 0.5) is 0 Å². The molecule has 1 fully saturated rings. The molecule has 1 aliphatic carbocycles. The molecule has 2 aromatic rings. The molecule has 122 valence electrons. The van der Waals surface area contributed by atoms with Crippen LogP contribution < -0.4 is 10.1 Å². The van der Waals surface area contributed by atoms with Gasteiger partial charge in [0.05, 0.1) is 24.9 Å². The number of hydrogen-bond donors (Lipinski definition) is 3. The number of rotatable bonds is 5. The molecule has 0 spiro atoms. The van der Waals surface area contributed by atoms with Gasteiger partial charge in [0.2, 0.25) is 5.88 Å². The zero-order valence-corrected chi connectivity index (χ0v) is 13.0. The second-order valence-corrected chi connectivity index (χ2v) is 5.73. The Morgan fingerprint density at radius 3 is 2.74 bits per heavy atom. The maximum atomic E-state index is 12.4. The molecule has 3 N–H and O–H groups in total. The summed E-state index contributed by atoms with van der Waals surface area (Å²) in [7, 11) is 1.55. The van der Waals surface area contributed by atoms with E-state index >= 15 is 0 Å².